The molecule has 216 valence electrons. The number of aromatic carboxylic acids is 1. The molecule has 5 rings (SSSR count). The van der Waals surface area contributed by atoms with Crippen LogP contribution in [0.25, 0.3) is 0 Å². The molecule has 0 saturated carbocycles. The predicted molar refractivity (Wildman–Crippen MR) is 150 cm³/mol. The molecule has 4 aromatic rings. The molecule has 10 heteroatoms. The lowest BCUT2D eigenvalue weighted by molar-refractivity contribution is -0.140. The molecule has 0 aliphatic heterocycles. The van der Waals surface area contributed by atoms with Crippen LogP contribution in [0.5, 0.6) is 11.5 Å². The molecule has 4 aromatic carbocycles. The number of carbonyl (C=O) groups is 5. The molecule has 0 spiro atoms. The van der Waals surface area contributed by atoms with Gasteiger partial charge in [0.25, 0.3) is 0 Å². The zero-order valence-electron chi connectivity index (χ0n) is 22.6. The van der Waals surface area contributed by atoms with Crippen LogP contribution in [0, 0.1) is 0 Å². The SMILES string of the molecule is O=C(COCc1ccccc1)Oc1cccc2c1C(=O)c1c(OC(=O)COCc3ccccc3)cc(C(=O)O)cc1C2=O. The van der Waals surface area contributed by atoms with Crippen LogP contribution in [0.3, 0.4) is 0 Å². The Hall–Kier alpha value is -5.45. The molecule has 0 unspecified atom stereocenters. The van der Waals surface area contributed by atoms with Gasteiger partial charge in [0.05, 0.1) is 29.9 Å². The van der Waals surface area contributed by atoms with Gasteiger partial charge in [-0.2, -0.15) is 0 Å². The molecule has 1 aliphatic rings. The second-order valence-electron chi connectivity index (χ2n) is 9.44. The standard InChI is InChI=1S/C33H24O10/c34-27(18-40-16-20-8-3-1-4-9-20)42-25-13-7-12-23-29(25)32(37)30-24(31(23)36)14-22(33(38)39)15-26(30)43-28(35)19-41-17-21-10-5-2-6-11-21/h1-15H,16-19H2,(H,38,39). The van der Waals surface area contributed by atoms with E-state index in [2.05, 4.69) is 0 Å². The normalized spacial score (nSPS) is 11.8. The highest BCUT2D eigenvalue weighted by molar-refractivity contribution is 6.30. The molecule has 0 heterocycles. The monoisotopic (exact) mass is 580 g/mol. The molecule has 0 aromatic heterocycles. The maximum absolute atomic E-state index is 13.8. The van der Waals surface area contributed by atoms with E-state index >= 15 is 0 Å². The molecule has 0 radical (unpaired) electrons. The first-order valence-corrected chi connectivity index (χ1v) is 13.1. The van der Waals surface area contributed by atoms with E-state index in [1.54, 1.807) is 12.1 Å². The number of carboxylic acids is 1. The van der Waals surface area contributed by atoms with E-state index in [-0.39, 0.29) is 46.8 Å². The third-order valence-electron chi connectivity index (χ3n) is 6.43. The third-order valence-corrected chi connectivity index (χ3v) is 6.43. The topological polar surface area (TPSA) is 143 Å². The highest BCUT2D eigenvalue weighted by Crippen LogP contribution is 2.38. The lowest BCUT2D eigenvalue weighted by Gasteiger charge is -2.22. The average Bonchev–Trinajstić information content (AvgIpc) is 3.00. The van der Waals surface area contributed by atoms with E-state index in [0.29, 0.717) is 0 Å². The van der Waals surface area contributed by atoms with Crippen molar-refractivity contribution in [1.82, 2.24) is 0 Å². The zero-order valence-corrected chi connectivity index (χ0v) is 22.6. The fourth-order valence-electron chi connectivity index (χ4n) is 4.50. The molecule has 1 aliphatic carbocycles. The van der Waals surface area contributed by atoms with Crippen molar-refractivity contribution >= 4 is 29.5 Å². The molecule has 0 amide bonds. The largest absolute Gasteiger partial charge is 0.478 e. The summed E-state index contributed by atoms with van der Waals surface area (Å²) in [6.45, 7) is -0.669. The lowest BCUT2D eigenvalue weighted by atomic mass is 9.82. The van der Waals surface area contributed by atoms with E-state index in [9.17, 15) is 29.1 Å². The smallest absolute Gasteiger partial charge is 0.337 e. The van der Waals surface area contributed by atoms with Crippen LogP contribution in [0.4, 0.5) is 0 Å². The van der Waals surface area contributed by atoms with Gasteiger partial charge in [-0.05, 0) is 29.3 Å². The van der Waals surface area contributed by atoms with Gasteiger partial charge in [-0.15, -0.1) is 0 Å². The van der Waals surface area contributed by atoms with Crippen LogP contribution >= 0.6 is 0 Å². The summed E-state index contributed by atoms with van der Waals surface area (Å²) in [5, 5.41) is 9.62. The minimum atomic E-state index is -1.40. The minimum absolute atomic E-state index is 0.0981. The van der Waals surface area contributed by atoms with Gasteiger partial charge in [0.15, 0.2) is 5.78 Å². The molecular formula is C33H24O10. The van der Waals surface area contributed by atoms with E-state index in [1.165, 1.54) is 18.2 Å². The number of rotatable bonds is 11. The third kappa shape index (κ3) is 6.72. The molecular weight excluding hydrogens is 556 g/mol. The quantitative estimate of drug-likeness (QED) is 0.176. The van der Waals surface area contributed by atoms with Crippen molar-refractivity contribution in [3.8, 4) is 11.5 Å². The predicted octanol–water partition coefficient (Wildman–Crippen LogP) is 4.40. The number of hydrogen-bond donors (Lipinski definition) is 1. The van der Waals surface area contributed by atoms with Crippen molar-refractivity contribution in [2.75, 3.05) is 13.2 Å². The van der Waals surface area contributed by atoms with Gasteiger partial charge >= 0.3 is 17.9 Å². The number of esters is 2. The molecule has 1 N–H and O–H groups in total. The lowest BCUT2D eigenvalue weighted by Crippen LogP contribution is -2.26. The Kier molecular flexibility index (Phi) is 8.80. The second-order valence-corrected chi connectivity index (χ2v) is 9.44. The number of carboxylic acid groups (broad SMARTS) is 1. The van der Waals surface area contributed by atoms with Gasteiger partial charge in [-0.25, -0.2) is 14.4 Å². The fraction of sp³-hybridized carbons (Fsp3) is 0.121. The number of fused-ring (bicyclic) bond motifs is 2. The van der Waals surface area contributed by atoms with E-state index < -0.39 is 48.4 Å². The van der Waals surface area contributed by atoms with Gasteiger partial charge in [0.1, 0.15) is 24.7 Å². The summed E-state index contributed by atoms with van der Waals surface area (Å²) in [4.78, 5) is 64.3. The van der Waals surface area contributed by atoms with Crippen LogP contribution in [0.1, 0.15) is 53.3 Å². The van der Waals surface area contributed by atoms with Gasteiger partial charge in [0.2, 0.25) is 5.78 Å². The van der Waals surface area contributed by atoms with E-state index in [1.807, 2.05) is 48.5 Å². The Bertz CT molecular complexity index is 1710. The summed E-state index contributed by atoms with van der Waals surface area (Å²) in [7, 11) is 0. The Labute approximate surface area is 245 Å². The van der Waals surface area contributed by atoms with Crippen LogP contribution in [0.2, 0.25) is 0 Å². The zero-order chi connectivity index (χ0) is 30.3. The second kappa shape index (κ2) is 13.0. The summed E-state index contributed by atoms with van der Waals surface area (Å²) in [5.41, 5.74) is 0.372. The van der Waals surface area contributed by atoms with Gasteiger partial charge in [-0.1, -0.05) is 72.8 Å². The number of ether oxygens (including phenoxy) is 4. The van der Waals surface area contributed by atoms with Gasteiger partial charge < -0.3 is 24.1 Å². The summed E-state index contributed by atoms with van der Waals surface area (Å²) in [6, 6.07) is 24.4. The van der Waals surface area contributed by atoms with Gasteiger partial charge in [-0.3, -0.25) is 9.59 Å². The average molecular weight is 581 g/mol. The van der Waals surface area contributed by atoms with Gasteiger partial charge in [0, 0.05) is 11.1 Å². The Balaban J connectivity index is 1.37. The van der Waals surface area contributed by atoms with Crippen molar-refractivity contribution < 1.29 is 48.0 Å². The van der Waals surface area contributed by atoms with Crippen molar-refractivity contribution in [2.24, 2.45) is 0 Å². The molecule has 0 bridgehead atoms. The van der Waals surface area contributed by atoms with E-state index in [4.69, 9.17) is 18.9 Å². The summed E-state index contributed by atoms with van der Waals surface area (Å²) < 4.78 is 21.6. The Morgan fingerprint density at radius 2 is 1.12 bits per heavy atom. The van der Waals surface area contributed by atoms with Crippen LogP contribution in [-0.4, -0.2) is 47.8 Å². The van der Waals surface area contributed by atoms with E-state index in [0.717, 1.165) is 23.3 Å². The van der Waals surface area contributed by atoms with Crippen molar-refractivity contribution in [3.63, 3.8) is 0 Å². The summed E-state index contributed by atoms with van der Waals surface area (Å²) >= 11 is 0. The Morgan fingerprint density at radius 3 is 1.67 bits per heavy atom. The summed E-state index contributed by atoms with van der Waals surface area (Å²) in [6.07, 6.45) is 0. The number of hydrogen-bond acceptors (Lipinski definition) is 9. The minimum Gasteiger partial charge on any atom is -0.478 e. The van der Waals surface area contributed by atoms with Crippen molar-refractivity contribution in [2.45, 2.75) is 13.2 Å². The molecule has 43 heavy (non-hydrogen) atoms. The number of ketones is 2. The number of benzene rings is 4. The van der Waals surface area contributed by atoms with Crippen molar-refractivity contribution in [1.29, 1.82) is 0 Å². The van der Waals surface area contributed by atoms with Crippen LogP contribution in [-0.2, 0) is 32.3 Å². The molecule has 0 atom stereocenters. The van der Waals surface area contributed by atoms with Crippen LogP contribution < -0.4 is 9.47 Å². The maximum Gasteiger partial charge on any atom is 0.337 e. The Morgan fingerprint density at radius 1 is 0.581 bits per heavy atom. The highest BCUT2D eigenvalue weighted by Gasteiger charge is 2.37. The summed E-state index contributed by atoms with van der Waals surface area (Å²) in [5.74, 6) is -5.24. The first-order chi connectivity index (χ1) is 20.8. The number of carbonyl (C=O) groups excluding carboxylic acids is 4. The highest BCUT2D eigenvalue weighted by atomic mass is 16.6. The first kappa shape index (κ1) is 29.1. The first-order valence-electron chi connectivity index (χ1n) is 13.1. The van der Waals surface area contributed by atoms with Crippen molar-refractivity contribution in [3.05, 3.63) is 130 Å². The molecule has 10 nitrogen and oxygen atoms in total. The fourth-order valence-corrected chi connectivity index (χ4v) is 4.50. The maximum atomic E-state index is 13.8. The molecule has 0 saturated heterocycles. The van der Waals surface area contributed by atoms with Crippen LogP contribution in [0.15, 0.2) is 91.0 Å². The molecule has 0 fully saturated rings.